The van der Waals surface area contributed by atoms with Crippen molar-refractivity contribution < 1.29 is 24.1 Å². The monoisotopic (exact) mass is 259 g/mol. The van der Waals surface area contributed by atoms with Crippen LogP contribution in [0.4, 0.5) is 0 Å². The Morgan fingerprint density at radius 2 is 2.28 bits per heavy atom. The first-order chi connectivity index (χ1) is 8.44. The Bertz CT molecular complexity index is 307. The van der Waals surface area contributed by atoms with Gasteiger partial charge in [0.15, 0.2) is 12.1 Å². The standard InChI is InChI=1S/C12H21NO5/c1-4-5-15-11-8(13)9(14)10-7(17-11)6-16-12(2,3)18-10/h4,7-11,14H,1,5-6,13H2,2-3H3/t7-,8-,9-,10-,11-/m1/s1. The molecular weight excluding hydrogens is 238 g/mol. The van der Waals surface area contributed by atoms with E-state index < -0.39 is 30.3 Å². The number of hydrogen-bond acceptors (Lipinski definition) is 6. The maximum absolute atomic E-state index is 10.2. The largest absolute Gasteiger partial charge is 0.388 e. The van der Waals surface area contributed by atoms with Crippen molar-refractivity contribution in [2.75, 3.05) is 13.2 Å². The second-order valence-corrected chi connectivity index (χ2v) is 5.03. The minimum Gasteiger partial charge on any atom is -0.388 e. The van der Waals surface area contributed by atoms with Gasteiger partial charge in [-0.05, 0) is 13.8 Å². The van der Waals surface area contributed by atoms with Gasteiger partial charge in [0.1, 0.15) is 18.3 Å². The Labute approximate surface area is 107 Å². The van der Waals surface area contributed by atoms with E-state index in [1.165, 1.54) is 0 Å². The Hall–Kier alpha value is -0.500. The molecule has 2 aliphatic heterocycles. The highest BCUT2D eigenvalue weighted by atomic mass is 16.8. The Balaban J connectivity index is 2.04. The fourth-order valence-electron chi connectivity index (χ4n) is 2.18. The molecule has 0 aromatic carbocycles. The highest BCUT2D eigenvalue weighted by molar-refractivity contribution is 4.95. The lowest BCUT2D eigenvalue weighted by atomic mass is 9.96. The van der Waals surface area contributed by atoms with E-state index in [1.807, 2.05) is 0 Å². The Kier molecular flexibility index (Phi) is 4.05. The van der Waals surface area contributed by atoms with E-state index in [1.54, 1.807) is 19.9 Å². The molecule has 0 amide bonds. The second-order valence-electron chi connectivity index (χ2n) is 5.03. The zero-order chi connectivity index (χ0) is 13.3. The van der Waals surface area contributed by atoms with E-state index in [2.05, 4.69) is 6.58 Å². The molecular formula is C12H21NO5. The molecule has 2 fully saturated rings. The van der Waals surface area contributed by atoms with Gasteiger partial charge < -0.3 is 29.8 Å². The summed E-state index contributed by atoms with van der Waals surface area (Å²) in [5.74, 6) is -0.736. The SMILES string of the molecule is C=CCO[C@@H]1O[C@@H]2COC(C)(C)O[C@H]2[C@H](O)[C@H]1N. The van der Waals surface area contributed by atoms with Crippen molar-refractivity contribution in [1.82, 2.24) is 0 Å². The molecule has 0 aromatic rings. The molecule has 0 spiro atoms. The molecule has 104 valence electrons. The number of aliphatic hydroxyl groups is 1. The molecule has 2 saturated heterocycles. The molecule has 0 radical (unpaired) electrons. The van der Waals surface area contributed by atoms with Gasteiger partial charge in [0, 0.05) is 0 Å². The summed E-state index contributed by atoms with van der Waals surface area (Å²) in [6.07, 6.45) is -0.782. The normalized spacial score (nSPS) is 43.2. The summed E-state index contributed by atoms with van der Waals surface area (Å²) >= 11 is 0. The van der Waals surface area contributed by atoms with Crippen molar-refractivity contribution in [3.05, 3.63) is 12.7 Å². The van der Waals surface area contributed by atoms with E-state index in [4.69, 9.17) is 24.7 Å². The first-order valence-electron chi connectivity index (χ1n) is 6.08. The van der Waals surface area contributed by atoms with Crippen LogP contribution in [0, 0.1) is 0 Å². The van der Waals surface area contributed by atoms with Crippen LogP contribution >= 0.6 is 0 Å². The number of fused-ring (bicyclic) bond motifs is 1. The maximum atomic E-state index is 10.2. The Morgan fingerprint density at radius 1 is 1.56 bits per heavy atom. The van der Waals surface area contributed by atoms with Crippen LogP contribution in [-0.4, -0.2) is 54.8 Å². The molecule has 0 aliphatic carbocycles. The Morgan fingerprint density at radius 3 is 2.94 bits per heavy atom. The van der Waals surface area contributed by atoms with E-state index in [9.17, 15) is 5.11 Å². The molecule has 0 aromatic heterocycles. The third kappa shape index (κ3) is 2.74. The van der Waals surface area contributed by atoms with Gasteiger partial charge in [0.05, 0.1) is 19.3 Å². The molecule has 0 bridgehead atoms. The number of ether oxygens (including phenoxy) is 4. The molecule has 18 heavy (non-hydrogen) atoms. The van der Waals surface area contributed by atoms with Gasteiger partial charge in [-0.25, -0.2) is 0 Å². The van der Waals surface area contributed by atoms with Crippen LogP contribution in [0.3, 0.4) is 0 Å². The van der Waals surface area contributed by atoms with Crippen molar-refractivity contribution in [2.45, 2.75) is 50.3 Å². The summed E-state index contributed by atoms with van der Waals surface area (Å²) in [7, 11) is 0. The predicted molar refractivity (Wildman–Crippen MR) is 63.7 cm³/mol. The van der Waals surface area contributed by atoms with Gasteiger partial charge in [-0.15, -0.1) is 6.58 Å². The molecule has 2 rings (SSSR count). The van der Waals surface area contributed by atoms with Crippen LogP contribution in [0.1, 0.15) is 13.8 Å². The van der Waals surface area contributed by atoms with Crippen LogP contribution < -0.4 is 5.73 Å². The van der Waals surface area contributed by atoms with Gasteiger partial charge in [-0.2, -0.15) is 0 Å². The topological polar surface area (TPSA) is 83.2 Å². The van der Waals surface area contributed by atoms with Crippen molar-refractivity contribution >= 4 is 0 Å². The van der Waals surface area contributed by atoms with Crippen molar-refractivity contribution in [2.24, 2.45) is 5.73 Å². The van der Waals surface area contributed by atoms with Crippen LogP contribution in [0.15, 0.2) is 12.7 Å². The average molecular weight is 259 g/mol. The van der Waals surface area contributed by atoms with Gasteiger partial charge in [-0.1, -0.05) is 6.08 Å². The molecule has 3 N–H and O–H groups in total. The minimum atomic E-state index is -0.846. The first kappa shape index (κ1) is 13.9. The van der Waals surface area contributed by atoms with Gasteiger partial charge in [0.2, 0.25) is 0 Å². The van der Waals surface area contributed by atoms with Crippen molar-refractivity contribution in [3.63, 3.8) is 0 Å². The molecule has 2 heterocycles. The number of nitrogens with two attached hydrogens (primary N) is 1. The fourth-order valence-corrected chi connectivity index (χ4v) is 2.18. The maximum Gasteiger partial charge on any atom is 0.176 e. The highest BCUT2D eigenvalue weighted by Gasteiger charge is 2.49. The quantitative estimate of drug-likeness (QED) is 0.680. The lowest BCUT2D eigenvalue weighted by Crippen LogP contribution is -2.67. The van der Waals surface area contributed by atoms with Gasteiger partial charge in [0.25, 0.3) is 0 Å². The summed E-state index contributed by atoms with van der Waals surface area (Å²) in [5, 5.41) is 10.2. The molecule has 6 heteroatoms. The minimum absolute atomic E-state index is 0.315. The third-order valence-electron chi connectivity index (χ3n) is 3.11. The fraction of sp³-hybridized carbons (Fsp3) is 0.833. The summed E-state index contributed by atoms with van der Waals surface area (Å²) in [5.41, 5.74) is 5.90. The number of rotatable bonds is 3. The van der Waals surface area contributed by atoms with E-state index in [-0.39, 0.29) is 6.10 Å². The lowest BCUT2D eigenvalue weighted by molar-refractivity contribution is -0.366. The van der Waals surface area contributed by atoms with Crippen LogP contribution in [0.2, 0.25) is 0 Å². The average Bonchev–Trinajstić information content (AvgIpc) is 2.32. The van der Waals surface area contributed by atoms with Gasteiger partial charge >= 0.3 is 0 Å². The van der Waals surface area contributed by atoms with Crippen molar-refractivity contribution in [1.29, 1.82) is 0 Å². The lowest BCUT2D eigenvalue weighted by Gasteiger charge is -2.48. The molecule has 2 aliphatic rings. The van der Waals surface area contributed by atoms with Gasteiger partial charge in [-0.3, -0.25) is 0 Å². The first-order valence-corrected chi connectivity index (χ1v) is 6.08. The molecule has 5 atom stereocenters. The smallest absolute Gasteiger partial charge is 0.176 e. The summed E-state index contributed by atoms with van der Waals surface area (Å²) in [6.45, 7) is 7.80. The third-order valence-corrected chi connectivity index (χ3v) is 3.11. The van der Waals surface area contributed by atoms with E-state index >= 15 is 0 Å². The zero-order valence-electron chi connectivity index (χ0n) is 10.7. The number of aliphatic hydroxyl groups excluding tert-OH is 1. The van der Waals surface area contributed by atoms with Crippen LogP contribution in [0.5, 0.6) is 0 Å². The number of hydrogen-bond donors (Lipinski definition) is 2. The van der Waals surface area contributed by atoms with Crippen LogP contribution in [-0.2, 0) is 18.9 Å². The zero-order valence-corrected chi connectivity index (χ0v) is 10.7. The molecule has 0 unspecified atom stereocenters. The summed E-state index contributed by atoms with van der Waals surface area (Å²) in [4.78, 5) is 0. The molecule has 0 saturated carbocycles. The van der Waals surface area contributed by atoms with E-state index in [0.717, 1.165) is 0 Å². The summed E-state index contributed by atoms with van der Waals surface area (Å²) < 4.78 is 22.2. The van der Waals surface area contributed by atoms with Crippen LogP contribution in [0.25, 0.3) is 0 Å². The van der Waals surface area contributed by atoms with E-state index in [0.29, 0.717) is 13.2 Å². The predicted octanol–water partition coefficient (Wildman–Crippen LogP) is -0.246. The van der Waals surface area contributed by atoms with Crippen molar-refractivity contribution in [3.8, 4) is 0 Å². The highest BCUT2D eigenvalue weighted by Crippen LogP contribution is 2.31. The molecule has 6 nitrogen and oxygen atoms in total. The second kappa shape index (κ2) is 5.24. The summed E-state index contributed by atoms with van der Waals surface area (Å²) in [6, 6.07) is -0.653.